The van der Waals surface area contributed by atoms with Gasteiger partial charge in [-0.15, -0.1) is 0 Å². The van der Waals surface area contributed by atoms with Gasteiger partial charge < -0.3 is 18.8 Å². The Morgan fingerprint density at radius 3 is 1.32 bits per heavy atom. The quantitative estimate of drug-likeness (QED) is 0.0370. The van der Waals surface area contributed by atoms with E-state index in [9.17, 15) is 9.59 Å². The summed E-state index contributed by atoms with van der Waals surface area (Å²) in [6.45, 7) is 17.7. The summed E-state index contributed by atoms with van der Waals surface area (Å²) in [5.41, 5.74) is 0. The molecule has 6 nitrogen and oxygen atoms in total. The first kappa shape index (κ1) is 62.3. The number of benzene rings is 2. The highest BCUT2D eigenvalue weighted by Gasteiger charge is 2.50. The van der Waals surface area contributed by atoms with Crippen molar-refractivity contribution in [3.8, 4) is 0 Å². The lowest BCUT2D eigenvalue weighted by atomic mass is 10.00. The first-order valence-corrected chi connectivity index (χ1v) is 32.2. The van der Waals surface area contributed by atoms with Crippen molar-refractivity contribution in [1.82, 2.24) is 4.90 Å². The summed E-state index contributed by atoms with van der Waals surface area (Å²) in [5.74, 6) is 4.09. The summed E-state index contributed by atoms with van der Waals surface area (Å²) < 4.78 is 19.6. The topological polar surface area (TPSA) is 65.1 Å². The molecule has 0 amide bonds. The SMILES string of the molecule is CCCCCCSCC(CCCCCC)OC(=O)CCCCC(CCCCC(=O)OC(CCCCCC)CSCCCCCC)N(C)CCCO[Si](c1ccccc1)(c1ccccc1)C(C)(C)C. The third-order valence-electron chi connectivity index (χ3n) is 13.6. The van der Waals surface area contributed by atoms with Crippen molar-refractivity contribution in [2.24, 2.45) is 0 Å². The van der Waals surface area contributed by atoms with Crippen LogP contribution in [0.2, 0.25) is 5.04 Å². The van der Waals surface area contributed by atoms with Crippen LogP contribution in [-0.2, 0) is 23.5 Å². The van der Waals surface area contributed by atoms with Gasteiger partial charge in [0.15, 0.2) is 0 Å². The van der Waals surface area contributed by atoms with E-state index in [1.807, 2.05) is 23.5 Å². The van der Waals surface area contributed by atoms with Crippen molar-refractivity contribution >= 4 is 54.2 Å². The van der Waals surface area contributed by atoms with Crippen molar-refractivity contribution in [3.05, 3.63) is 60.7 Å². The second-order valence-electron chi connectivity index (χ2n) is 20.7. The maximum absolute atomic E-state index is 13.3. The molecular weight excluding hydrogens is 895 g/mol. The molecule has 2 rings (SSSR count). The Balaban J connectivity index is 2.07. The molecule has 2 aromatic rings. The lowest BCUT2D eigenvalue weighted by molar-refractivity contribution is -0.149. The standard InChI is InChI=1S/C59H103NO5S2Si/c1-9-13-17-23-38-53(50-66-48-33-19-15-11-3)64-57(61)44-31-29-36-52(37-30-32-45-58(62)65-54(39-24-18-14-10-2)51-67-49-34-20-16-12-4)60(8)46-35-47-63-68(59(5,6)7,55-40-25-21-26-41-55)56-42-27-22-28-43-56/h21-22,25-28,40-43,52-54H,9-20,23-24,29-39,44-51H2,1-8H3. The Hall–Kier alpha value is -1.78. The van der Waals surface area contributed by atoms with Gasteiger partial charge in [-0.25, -0.2) is 0 Å². The molecule has 2 atom stereocenters. The zero-order valence-corrected chi connectivity index (χ0v) is 47.8. The van der Waals surface area contributed by atoms with Gasteiger partial charge in [0.05, 0.1) is 0 Å². The van der Waals surface area contributed by atoms with E-state index >= 15 is 0 Å². The monoisotopic (exact) mass is 998 g/mol. The summed E-state index contributed by atoms with van der Waals surface area (Å²) in [4.78, 5) is 29.1. The van der Waals surface area contributed by atoms with Gasteiger partial charge in [0.25, 0.3) is 8.32 Å². The van der Waals surface area contributed by atoms with Crippen LogP contribution >= 0.6 is 23.5 Å². The fourth-order valence-corrected chi connectivity index (χ4v) is 16.2. The second-order valence-corrected chi connectivity index (χ2v) is 27.3. The van der Waals surface area contributed by atoms with Gasteiger partial charge in [-0.1, -0.05) is 199 Å². The summed E-state index contributed by atoms with van der Waals surface area (Å²) in [5, 5.41) is 2.57. The third-order valence-corrected chi connectivity index (χ3v) is 21.0. The second kappa shape index (κ2) is 39.8. The molecule has 9 heteroatoms. The molecule has 0 aliphatic heterocycles. The van der Waals surface area contributed by atoms with Gasteiger partial charge in [0, 0.05) is 43.5 Å². The highest BCUT2D eigenvalue weighted by molar-refractivity contribution is 7.99. The minimum Gasteiger partial charge on any atom is -0.461 e. The molecule has 2 aromatic carbocycles. The third kappa shape index (κ3) is 27.2. The molecule has 390 valence electrons. The van der Waals surface area contributed by atoms with Crippen LogP contribution in [0.1, 0.15) is 222 Å². The summed E-state index contributed by atoms with van der Waals surface area (Å²) in [7, 11) is -0.342. The molecular formula is C59H103NO5S2Si. The van der Waals surface area contributed by atoms with Crippen LogP contribution in [0.25, 0.3) is 0 Å². The highest BCUT2D eigenvalue weighted by atomic mass is 32.2. The average Bonchev–Trinajstić information content (AvgIpc) is 3.33. The molecule has 2 unspecified atom stereocenters. The molecule has 0 aliphatic carbocycles. The largest absolute Gasteiger partial charge is 0.461 e. The van der Waals surface area contributed by atoms with E-state index in [2.05, 4.69) is 121 Å². The Morgan fingerprint density at radius 1 is 0.529 bits per heavy atom. The predicted molar refractivity (Wildman–Crippen MR) is 302 cm³/mol. The van der Waals surface area contributed by atoms with Crippen molar-refractivity contribution in [2.75, 3.05) is 43.2 Å². The summed E-state index contributed by atoms with van der Waals surface area (Å²) >= 11 is 3.93. The van der Waals surface area contributed by atoms with Crippen molar-refractivity contribution in [3.63, 3.8) is 0 Å². The zero-order valence-electron chi connectivity index (χ0n) is 45.1. The van der Waals surface area contributed by atoms with Gasteiger partial charge in [0.2, 0.25) is 0 Å². The van der Waals surface area contributed by atoms with E-state index in [-0.39, 0.29) is 29.2 Å². The van der Waals surface area contributed by atoms with Crippen LogP contribution < -0.4 is 10.4 Å². The number of unbranched alkanes of at least 4 members (excludes halogenated alkanes) is 14. The van der Waals surface area contributed by atoms with Crippen LogP contribution in [0.15, 0.2) is 60.7 Å². The molecule has 0 aromatic heterocycles. The Labute approximate surface area is 429 Å². The first-order chi connectivity index (χ1) is 33.0. The van der Waals surface area contributed by atoms with Crippen molar-refractivity contribution < 1.29 is 23.5 Å². The number of carbonyl (C=O) groups excluding carboxylic acids is 2. The molecule has 0 saturated carbocycles. The van der Waals surface area contributed by atoms with Crippen LogP contribution in [0.5, 0.6) is 0 Å². The van der Waals surface area contributed by atoms with Crippen molar-refractivity contribution in [2.45, 2.75) is 245 Å². The molecule has 0 spiro atoms. The fraction of sp³-hybridized carbons (Fsp3) is 0.763. The highest BCUT2D eigenvalue weighted by Crippen LogP contribution is 2.37. The van der Waals surface area contributed by atoms with E-state index in [1.54, 1.807) is 0 Å². The predicted octanol–water partition coefficient (Wildman–Crippen LogP) is 15.8. The van der Waals surface area contributed by atoms with Gasteiger partial charge >= 0.3 is 11.9 Å². The zero-order chi connectivity index (χ0) is 49.6. The molecule has 0 bridgehead atoms. The smallest absolute Gasteiger partial charge is 0.306 e. The Kier molecular flexibility index (Phi) is 36.5. The first-order valence-electron chi connectivity index (χ1n) is 28.0. The molecule has 0 fully saturated rings. The Bertz CT molecular complexity index is 1400. The van der Waals surface area contributed by atoms with E-state index in [4.69, 9.17) is 13.9 Å². The van der Waals surface area contributed by atoms with Crippen LogP contribution in [0.4, 0.5) is 0 Å². The van der Waals surface area contributed by atoms with E-state index in [1.165, 1.54) is 100 Å². The van der Waals surface area contributed by atoms with Crippen LogP contribution in [0.3, 0.4) is 0 Å². The molecule has 0 radical (unpaired) electrons. The van der Waals surface area contributed by atoms with E-state index in [0.29, 0.717) is 25.5 Å². The maximum atomic E-state index is 13.3. The van der Waals surface area contributed by atoms with E-state index < -0.39 is 8.32 Å². The number of carbonyl (C=O) groups is 2. The molecule has 68 heavy (non-hydrogen) atoms. The number of hydrogen-bond donors (Lipinski definition) is 0. The molecule has 0 aliphatic rings. The minimum atomic E-state index is -2.61. The normalized spacial score (nSPS) is 13.4. The molecule has 0 heterocycles. The number of nitrogens with zero attached hydrogens (tertiary/aromatic N) is 1. The van der Waals surface area contributed by atoms with E-state index in [0.717, 1.165) is 100 Å². The average molecular weight is 999 g/mol. The van der Waals surface area contributed by atoms with Crippen LogP contribution in [-0.4, -0.2) is 86.6 Å². The van der Waals surface area contributed by atoms with Gasteiger partial charge in [-0.05, 0) is 105 Å². The lowest BCUT2D eigenvalue weighted by Crippen LogP contribution is -2.66. The van der Waals surface area contributed by atoms with Gasteiger partial charge in [0.1, 0.15) is 12.2 Å². The number of thioether (sulfide) groups is 2. The number of hydrogen-bond acceptors (Lipinski definition) is 8. The van der Waals surface area contributed by atoms with Gasteiger partial charge in [-0.2, -0.15) is 23.5 Å². The fourth-order valence-electron chi connectivity index (χ4n) is 9.50. The number of ether oxygens (including phenoxy) is 2. The molecule has 0 saturated heterocycles. The van der Waals surface area contributed by atoms with Crippen LogP contribution in [0, 0.1) is 0 Å². The Morgan fingerprint density at radius 2 is 0.926 bits per heavy atom. The number of rotatable bonds is 44. The summed E-state index contributed by atoms with van der Waals surface area (Å²) in [6, 6.07) is 22.2. The minimum absolute atomic E-state index is 0.0258. The van der Waals surface area contributed by atoms with Gasteiger partial charge in [-0.3, -0.25) is 9.59 Å². The van der Waals surface area contributed by atoms with Crippen molar-refractivity contribution in [1.29, 1.82) is 0 Å². The molecule has 0 N–H and O–H groups in total. The number of esters is 2. The lowest BCUT2D eigenvalue weighted by Gasteiger charge is -2.43. The maximum Gasteiger partial charge on any atom is 0.306 e. The summed E-state index contributed by atoms with van der Waals surface area (Å²) in [6.07, 6.45) is 29.4.